The normalized spacial score (nSPS) is 11.3. The van der Waals surface area contributed by atoms with E-state index in [4.69, 9.17) is 16.3 Å². The van der Waals surface area contributed by atoms with Crippen LogP contribution in [0.25, 0.3) is 0 Å². The molecule has 0 aliphatic heterocycles. The predicted molar refractivity (Wildman–Crippen MR) is 91.4 cm³/mol. The van der Waals surface area contributed by atoms with E-state index in [-0.39, 0.29) is 16.0 Å². The number of hydrogen-bond acceptors (Lipinski definition) is 4. The predicted octanol–water partition coefficient (Wildman–Crippen LogP) is 2.75. The first kappa shape index (κ1) is 18.3. The van der Waals surface area contributed by atoms with Crippen molar-refractivity contribution in [1.29, 1.82) is 0 Å². The highest BCUT2D eigenvalue weighted by Crippen LogP contribution is 2.15. The van der Waals surface area contributed by atoms with Gasteiger partial charge in [-0.3, -0.25) is 10.2 Å². The molecule has 0 atom stereocenters. The van der Waals surface area contributed by atoms with Crippen LogP contribution < -0.4 is 15.0 Å². The van der Waals surface area contributed by atoms with Gasteiger partial charge in [0.1, 0.15) is 5.75 Å². The maximum atomic E-state index is 12.1. The van der Waals surface area contributed by atoms with E-state index in [0.29, 0.717) is 11.3 Å². The average Bonchev–Trinajstić information content (AvgIpc) is 2.53. The lowest BCUT2D eigenvalue weighted by Gasteiger charge is -2.11. The summed E-state index contributed by atoms with van der Waals surface area (Å²) in [6.07, 6.45) is 0.0224. The molecule has 0 saturated heterocycles. The molecule has 0 heterocycles. The average molecular weight is 369 g/mol. The molecule has 1 amide bonds. The first-order valence-electron chi connectivity index (χ1n) is 7.12. The van der Waals surface area contributed by atoms with E-state index >= 15 is 0 Å². The summed E-state index contributed by atoms with van der Waals surface area (Å²) in [5.41, 5.74) is 2.45. The van der Waals surface area contributed by atoms with Crippen molar-refractivity contribution >= 4 is 27.5 Å². The molecule has 128 valence electrons. The quantitative estimate of drug-likeness (QED) is 0.768. The fourth-order valence-electron chi connectivity index (χ4n) is 1.84. The fraction of sp³-hybridized carbons (Fsp3) is 0.188. The SMILES string of the molecule is CC(C)Oc1ccc(C(=O)NNS(=O)(=O)c2cccc(Cl)c2)cc1. The molecule has 2 aromatic rings. The van der Waals surface area contributed by atoms with Crippen molar-refractivity contribution in [2.24, 2.45) is 0 Å². The lowest BCUT2D eigenvalue weighted by Crippen LogP contribution is -2.41. The minimum Gasteiger partial charge on any atom is -0.491 e. The van der Waals surface area contributed by atoms with E-state index in [2.05, 4.69) is 5.43 Å². The van der Waals surface area contributed by atoms with Gasteiger partial charge in [-0.25, -0.2) is 8.42 Å². The molecule has 0 radical (unpaired) electrons. The van der Waals surface area contributed by atoms with Gasteiger partial charge in [-0.2, -0.15) is 0 Å². The van der Waals surface area contributed by atoms with Crippen molar-refractivity contribution in [3.63, 3.8) is 0 Å². The number of amides is 1. The molecular formula is C16H17ClN2O4S. The van der Waals surface area contributed by atoms with Gasteiger partial charge in [0.05, 0.1) is 11.0 Å². The number of rotatable bonds is 6. The number of sulfonamides is 1. The van der Waals surface area contributed by atoms with Crippen molar-refractivity contribution in [3.05, 3.63) is 59.1 Å². The summed E-state index contributed by atoms with van der Waals surface area (Å²) >= 11 is 5.77. The van der Waals surface area contributed by atoms with Crippen LogP contribution in [0.3, 0.4) is 0 Å². The van der Waals surface area contributed by atoms with Gasteiger partial charge in [-0.05, 0) is 56.3 Å². The number of benzene rings is 2. The highest BCUT2D eigenvalue weighted by Gasteiger charge is 2.16. The molecule has 0 fully saturated rings. The van der Waals surface area contributed by atoms with Gasteiger partial charge in [0.15, 0.2) is 0 Å². The molecular weight excluding hydrogens is 352 g/mol. The molecule has 0 bridgehead atoms. The van der Waals surface area contributed by atoms with Gasteiger partial charge < -0.3 is 4.74 Å². The summed E-state index contributed by atoms with van der Waals surface area (Å²) in [5, 5.41) is 0.282. The summed E-state index contributed by atoms with van der Waals surface area (Å²) < 4.78 is 29.7. The molecule has 0 saturated carbocycles. The standard InChI is InChI=1S/C16H17ClN2O4S/c1-11(2)23-14-8-6-12(7-9-14)16(20)18-19-24(21,22)15-5-3-4-13(17)10-15/h3-11,19H,1-2H3,(H,18,20). The number of ether oxygens (including phenoxy) is 1. The van der Waals surface area contributed by atoms with E-state index in [1.807, 2.05) is 18.7 Å². The Bertz CT molecular complexity index is 820. The Hall–Kier alpha value is -2.09. The monoisotopic (exact) mass is 368 g/mol. The van der Waals surface area contributed by atoms with Gasteiger partial charge >= 0.3 is 0 Å². The first-order chi connectivity index (χ1) is 11.3. The Morgan fingerprint density at radius 2 is 1.79 bits per heavy atom. The van der Waals surface area contributed by atoms with Gasteiger partial charge in [-0.1, -0.05) is 17.7 Å². The molecule has 0 aliphatic carbocycles. The second kappa shape index (κ2) is 7.65. The smallest absolute Gasteiger partial charge is 0.266 e. The van der Waals surface area contributed by atoms with E-state index < -0.39 is 15.9 Å². The number of hydrazine groups is 1. The van der Waals surface area contributed by atoms with Crippen LogP contribution in [0.15, 0.2) is 53.4 Å². The van der Waals surface area contributed by atoms with Crippen molar-refractivity contribution in [3.8, 4) is 5.75 Å². The molecule has 24 heavy (non-hydrogen) atoms. The van der Waals surface area contributed by atoms with Crippen LogP contribution in [-0.2, 0) is 10.0 Å². The maximum absolute atomic E-state index is 12.1. The Labute approximate surface area is 145 Å². The van der Waals surface area contributed by atoms with E-state index in [1.165, 1.54) is 18.2 Å². The number of carbonyl (C=O) groups excluding carboxylic acids is 1. The third-order valence-electron chi connectivity index (χ3n) is 2.89. The molecule has 8 heteroatoms. The molecule has 2 rings (SSSR count). The molecule has 2 N–H and O–H groups in total. The van der Waals surface area contributed by atoms with Crippen LogP contribution >= 0.6 is 11.6 Å². The Balaban J connectivity index is 2.02. The topological polar surface area (TPSA) is 84.5 Å². The summed E-state index contributed by atoms with van der Waals surface area (Å²) in [7, 11) is -3.90. The van der Waals surface area contributed by atoms with Gasteiger partial charge in [0.25, 0.3) is 15.9 Å². The zero-order chi connectivity index (χ0) is 17.7. The van der Waals surface area contributed by atoms with Crippen molar-refractivity contribution in [2.45, 2.75) is 24.8 Å². The van der Waals surface area contributed by atoms with Gasteiger partial charge in [0.2, 0.25) is 0 Å². The van der Waals surface area contributed by atoms with Crippen LogP contribution in [0.5, 0.6) is 5.75 Å². The molecule has 2 aromatic carbocycles. The van der Waals surface area contributed by atoms with Crippen LogP contribution in [0.4, 0.5) is 0 Å². The highest BCUT2D eigenvalue weighted by atomic mass is 35.5. The summed E-state index contributed by atoms with van der Waals surface area (Å²) in [6, 6.07) is 12.1. The van der Waals surface area contributed by atoms with Crippen LogP contribution in [0.1, 0.15) is 24.2 Å². The molecule has 0 unspecified atom stereocenters. The number of carbonyl (C=O) groups is 1. The molecule has 6 nitrogen and oxygen atoms in total. The fourth-order valence-corrected chi connectivity index (χ4v) is 2.98. The summed E-state index contributed by atoms with van der Waals surface area (Å²) in [6.45, 7) is 3.79. The van der Waals surface area contributed by atoms with E-state index in [1.54, 1.807) is 30.3 Å². The van der Waals surface area contributed by atoms with Crippen LogP contribution in [-0.4, -0.2) is 20.4 Å². The number of nitrogens with one attached hydrogen (secondary N) is 2. The number of halogens is 1. The van der Waals surface area contributed by atoms with Crippen LogP contribution in [0, 0.1) is 0 Å². The zero-order valence-electron chi connectivity index (χ0n) is 13.1. The van der Waals surface area contributed by atoms with E-state index in [0.717, 1.165) is 0 Å². The Morgan fingerprint density at radius 1 is 1.12 bits per heavy atom. The van der Waals surface area contributed by atoms with Crippen molar-refractivity contribution in [1.82, 2.24) is 10.3 Å². The van der Waals surface area contributed by atoms with E-state index in [9.17, 15) is 13.2 Å². The number of hydrogen-bond donors (Lipinski definition) is 2. The molecule has 0 aliphatic rings. The van der Waals surface area contributed by atoms with Gasteiger partial charge in [0, 0.05) is 10.6 Å². The van der Waals surface area contributed by atoms with Crippen molar-refractivity contribution in [2.75, 3.05) is 0 Å². The molecule has 0 aromatic heterocycles. The lowest BCUT2D eigenvalue weighted by molar-refractivity contribution is 0.0945. The first-order valence-corrected chi connectivity index (χ1v) is 8.98. The Kier molecular flexibility index (Phi) is 5.82. The minimum atomic E-state index is -3.90. The van der Waals surface area contributed by atoms with Gasteiger partial charge in [-0.15, -0.1) is 4.83 Å². The molecule has 0 spiro atoms. The minimum absolute atomic E-state index is 0.0224. The largest absolute Gasteiger partial charge is 0.491 e. The summed E-state index contributed by atoms with van der Waals surface area (Å²) in [5.74, 6) is 0.0396. The zero-order valence-corrected chi connectivity index (χ0v) is 14.7. The second-order valence-electron chi connectivity index (χ2n) is 5.21. The van der Waals surface area contributed by atoms with Crippen molar-refractivity contribution < 1.29 is 17.9 Å². The third kappa shape index (κ3) is 4.95. The Morgan fingerprint density at radius 3 is 2.38 bits per heavy atom. The maximum Gasteiger partial charge on any atom is 0.266 e. The van der Waals surface area contributed by atoms with Crippen LogP contribution in [0.2, 0.25) is 5.02 Å². The second-order valence-corrected chi connectivity index (χ2v) is 7.33. The summed E-state index contributed by atoms with van der Waals surface area (Å²) in [4.78, 5) is 14.0. The lowest BCUT2D eigenvalue weighted by atomic mass is 10.2. The third-order valence-corrected chi connectivity index (χ3v) is 4.37. The highest BCUT2D eigenvalue weighted by molar-refractivity contribution is 7.89.